The smallest absolute Gasteiger partial charge is 0.475 e. The Kier molecular flexibility index (Phi) is 7.12. The minimum absolute atomic E-state index is 0.0629. The summed E-state index contributed by atoms with van der Waals surface area (Å²) in [5, 5.41) is 14.8. The summed E-state index contributed by atoms with van der Waals surface area (Å²) >= 11 is 0. The van der Waals surface area contributed by atoms with Gasteiger partial charge in [-0.05, 0) is 36.4 Å². The fourth-order valence-corrected chi connectivity index (χ4v) is 3.01. The van der Waals surface area contributed by atoms with Crippen LogP contribution in [0.5, 0.6) is 0 Å². The third-order valence-corrected chi connectivity index (χ3v) is 4.58. The molecule has 0 saturated carbocycles. The average Bonchev–Trinajstić information content (AvgIpc) is 3.41. The van der Waals surface area contributed by atoms with Gasteiger partial charge < -0.3 is 19.6 Å². The van der Waals surface area contributed by atoms with Crippen molar-refractivity contribution in [2.24, 2.45) is 0 Å². The van der Waals surface area contributed by atoms with Crippen LogP contribution in [0.3, 0.4) is 0 Å². The van der Waals surface area contributed by atoms with Crippen molar-refractivity contribution >= 4 is 5.97 Å². The molecule has 0 fully saturated rings. The highest BCUT2D eigenvalue weighted by Crippen LogP contribution is 2.31. The summed E-state index contributed by atoms with van der Waals surface area (Å²) in [7, 11) is 0. The number of hydrogen-bond acceptors (Lipinski definition) is 5. The van der Waals surface area contributed by atoms with Gasteiger partial charge in [0.2, 0.25) is 0 Å². The molecular formula is C20H17F6N3O4. The van der Waals surface area contributed by atoms with Crippen LogP contribution in [-0.2, 0) is 28.9 Å². The molecule has 1 atom stereocenters. The van der Waals surface area contributed by atoms with Gasteiger partial charge in [0, 0.05) is 5.56 Å². The van der Waals surface area contributed by atoms with E-state index in [0.717, 1.165) is 29.2 Å². The molecule has 0 radical (unpaired) electrons. The zero-order valence-corrected chi connectivity index (χ0v) is 16.7. The van der Waals surface area contributed by atoms with Gasteiger partial charge in [-0.15, -0.1) is 0 Å². The van der Waals surface area contributed by atoms with Crippen LogP contribution in [-0.4, -0.2) is 33.6 Å². The van der Waals surface area contributed by atoms with Gasteiger partial charge in [-0.1, -0.05) is 0 Å². The first-order valence-corrected chi connectivity index (χ1v) is 9.35. The Bertz CT molecular complexity index is 1060. The van der Waals surface area contributed by atoms with Gasteiger partial charge in [0.25, 0.3) is 0 Å². The summed E-state index contributed by atoms with van der Waals surface area (Å²) in [6.45, 7) is 1.40. The molecule has 3 heterocycles. The number of carbonyl (C=O) groups is 1. The molecule has 1 aliphatic heterocycles. The van der Waals surface area contributed by atoms with E-state index >= 15 is 0 Å². The Hall–Kier alpha value is -3.32. The molecule has 33 heavy (non-hydrogen) atoms. The number of aromatic nitrogens is 2. The van der Waals surface area contributed by atoms with Crippen molar-refractivity contribution in [2.45, 2.75) is 31.5 Å². The van der Waals surface area contributed by atoms with Crippen molar-refractivity contribution in [3.8, 4) is 5.69 Å². The largest absolute Gasteiger partial charge is 0.490 e. The molecule has 13 heteroatoms. The molecule has 1 unspecified atom stereocenters. The van der Waals surface area contributed by atoms with Crippen molar-refractivity contribution in [2.75, 3.05) is 6.61 Å². The summed E-state index contributed by atoms with van der Waals surface area (Å²) in [6, 6.07) is 8.57. The topological polar surface area (TPSA) is 89.5 Å². The van der Waals surface area contributed by atoms with Crippen molar-refractivity contribution in [1.29, 1.82) is 0 Å². The SMILES string of the molecule is FC(F)(F)c1ccc(-n2ncc3c2COCC3NCc2ccco2)cc1.O=C(O)C(F)(F)F. The second kappa shape index (κ2) is 9.67. The van der Waals surface area contributed by atoms with Crippen LogP contribution in [0.25, 0.3) is 5.69 Å². The summed E-state index contributed by atoms with van der Waals surface area (Å²) in [5.41, 5.74) is 1.68. The van der Waals surface area contributed by atoms with Gasteiger partial charge in [-0.25, -0.2) is 9.48 Å². The van der Waals surface area contributed by atoms with E-state index in [-0.39, 0.29) is 6.04 Å². The van der Waals surface area contributed by atoms with Crippen molar-refractivity contribution in [3.63, 3.8) is 0 Å². The maximum absolute atomic E-state index is 12.7. The lowest BCUT2D eigenvalue weighted by atomic mass is 10.1. The predicted octanol–water partition coefficient (Wildman–Crippen LogP) is 4.48. The van der Waals surface area contributed by atoms with Crippen molar-refractivity contribution < 1.29 is 45.4 Å². The van der Waals surface area contributed by atoms with E-state index in [1.54, 1.807) is 17.1 Å². The van der Waals surface area contributed by atoms with E-state index in [9.17, 15) is 26.3 Å². The van der Waals surface area contributed by atoms with Crippen LogP contribution in [0.4, 0.5) is 26.3 Å². The number of ether oxygens (including phenoxy) is 1. The standard InChI is InChI=1S/C18H16F3N3O2.C2HF3O2/c19-18(20,21)12-3-5-13(6-4-12)24-17-11-25-10-16(15(17)9-23-24)22-8-14-2-1-7-26-14;3-2(4,5)1(6)7/h1-7,9,16,22H,8,10-11H2;(H,6,7). The highest BCUT2D eigenvalue weighted by atomic mass is 19.4. The Balaban J connectivity index is 0.000000383. The lowest BCUT2D eigenvalue weighted by Gasteiger charge is -2.24. The number of furan rings is 1. The fourth-order valence-electron chi connectivity index (χ4n) is 3.01. The average molecular weight is 477 g/mol. The number of nitrogens with zero attached hydrogens (tertiary/aromatic N) is 2. The lowest BCUT2D eigenvalue weighted by Crippen LogP contribution is -2.29. The third kappa shape index (κ3) is 6.14. The van der Waals surface area contributed by atoms with E-state index in [1.807, 2.05) is 12.1 Å². The number of rotatable bonds is 4. The van der Waals surface area contributed by atoms with Gasteiger partial charge in [0.05, 0.1) is 55.2 Å². The molecule has 3 aromatic rings. The molecule has 7 nitrogen and oxygen atoms in total. The van der Waals surface area contributed by atoms with Crippen molar-refractivity contribution in [3.05, 3.63) is 71.4 Å². The molecule has 4 rings (SSSR count). The molecule has 0 bridgehead atoms. The van der Waals surface area contributed by atoms with Crippen LogP contribution < -0.4 is 5.32 Å². The van der Waals surface area contributed by atoms with E-state index < -0.39 is 23.9 Å². The molecular weight excluding hydrogens is 460 g/mol. The van der Waals surface area contributed by atoms with Crippen LogP contribution in [0.15, 0.2) is 53.3 Å². The van der Waals surface area contributed by atoms with E-state index in [0.29, 0.717) is 25.4 Å². The first kappa shape index (κ1) is 24.3. The molecule has 2 aromatic heterocycles. The Morgan fingerprint density at radius 3 is 2.36 bits per heavy atom. The Labute approximate surface area is 182 Å². The van der Waals surface area contributed by atoms with Gasteiger partial charge >= 0.3 is 18.3 Å². The predicted molar refractivity (Wildman–Crippen MR) is 100 cm³/mol. The summed E-state index contributed by atoms with van der Waals surface area (Å²) in [6.07, 6.45) is -6.09. The summed E-state index contributed by atoms with van der Waals surface area (Å²) < 4.78 is 82.5. The molecule has 178 valence electrons. The number of alkyl halides is 6. The van der Waals surface area contributed by atoms with Crippen LogP contribution >= 0.6 is 0 Å². The molecule has 0 amide bonds. The molecule has 0 aliphatic carbocycles. The molecule has 1 aliphatic rings. The fraction of sp³-hybridized carbons (Fsp3) is 0.300. The zero-order chi connectivity index (χ0) is 24.2. The summed E-state index contributed by atoms with van der Waals surface area (Å²) in [4.78, 5) is 8.90. The molecule has 0 saturated heterocycles. The number of carboxylic acids is 1. The maximum atomic E-state index is 12.7. The number of halogens is 6. The van der Waals surface area contributed by atoms with E-state index in [1.165, 1.54) is 12.1 Å². The second-order valence-electron chi connectivity index (χ2n) is 6.83. The second-order valence-corrected chi connectivity index (χ2v) is 6.83. The highest BCUT2D eigenvalue weighted by molar-refractivity contribution is 5.73. The quantitative estimate of drug-likeness (QED) is 0.539. The first-order chi connectivity index (χ1) is 15.5. The molecule has 1 aromatic carbocycles. The van der Waals surface area contributed by atoms with Crippen LogP contribution in [0.1, 0.15) is 28.6 Å². The monoisotopic (exact) mass is 477 g/mol. The number of aliphatic carboxylic acids is 1. The number of fused-ring (bicyclic) bond motifs is 1. The third-order valence-electron chi connectivity index (χ3n) is 4.58. The Morgan fingerprint density at radius 2 is 1.82 bits per heavy atom. The molecule has 0 spiro atoms. The number of carboxylic acid groups (broad SMARTS) is 1. The Morgan fingerprint density at radius 1 is 1.15 bits per heavy atom. The highest BCUT2D eigenvalue weighted by Gasteiger charge is 2.38. The maximum Gasteiger partial charge on any atom is 0.490 e. The van der Waals surface area contributed by atoms with Gasteiger partial charge in [0.1, 0.15) is 5.76 Å². The lowest BCUT2D eigenvalue weighted by molar-refractivity contribution is -0.192. The zero-order valence-electron chi connectivity index (χ0n) is 16.7. The van der Waals surface area contributed by atoms with E-state index in [2.05, 4.69) is 10.4 Å². The minimum Gasteiger partial charge on any atom is -0.475 e. The van der Waals surface area contributed by atoms with Gasteiger partial charge in [-0.3, -0.25) is 0 Å². The normalized spacial score (nSPS) is 16.0. The van der Waals surface area contributed by atoms with E-state index in [4.69, 9.17) is 19.1 Å². The summed E-state index contributed by atoms with van der Waals surface area (Å²) in [5.74, 6) is -1.94. The number of nitrogens with one attached hydrogen (secondary N) is 1. The number of hydrogen-bond donors (Lipinski definition) is 2. The van der Waals surface area contributed by atoms with Gasteiger partial charge in [0.15, 0.2) is 0 Å². The minimum atomic E-state index is -5.08. The van der Waals surface area contributed by atoms with Crippen LogP contribution in [0.2, 0.25) is 0 Å². The number of benzene rings is 1. The van der Waals surface area contributed by atoms with Crippen molar-refractivity contribution in [1.82, 2.24) is 15.1 Å². The van der Waals surface area contributed by atoms with Crippen LogP contribution in [0, 0.1) is 0 Å². The first-order valence-electron chi connectivity index (χ1n) is 9.35. The molecule has 2 N–H and O–H groups in total. The van der Waals surface area contributed by atoms with Gasteiger partial charge in [-0.2, -0.15) is 31.4 Å².